The van der Waals surface area contributed by atoms with E-state index >= 15 is 0 Å². The minimum absolute atomic E-state index is 0.0568. The van der Waals surface area contributed by atoms with E-state index in [1.165, 1.54) is 4.90 Å². The molecule has 2 rings (SSSR count). The van der Waals surface area contributed by atoms with Gasteiger partial charge in [-0.25, -0.2) is 0 Å². The Bertz CT molecular complexity index is 609. The summed E-state index contributed by atoms with van der Waals surface area (Å²) in [5, 5.41) is 12.8. The minimum Gasteiger partial charge on any atom is -0.353 e. The highest BCUT2D eigenvalue weighted by Crippen LogP contribution is 2.15. The van der Waals surface area contributed by atoms with Crippen molar-refractivity contribution in [3.8, 4) is 0 Å². The maximum atomic E-state index is 12.1. The van der Waals surface area contributed by atoms with E-state index in [-0.39, 0.29) is 24.5 Å². The first kappa shape index (κ1) is 14.9. The quantitative estimate of drug-likeness (QED) is 0.336. The van der Waals surface area contributed by atoms with Crippen molar-refractivity contribution in [2.24, 2.45) is 0 Å². The lowest BCUT2D eigenvalue weighted by molar-refractivity contribution is -0.384. The number of imide groups is 1. The molecule has 1 aliphatic rings. The number of carbonyl (C=O) groups is 3. The lowest BCUT2D eigenvalue weighted by atomic mass is 10.1. The van der Waals surface area contributed by atoms with Gasteiger partial charge in [0, 0.05) is 6.07 Å². The maximum absolute atomic E-state index is 12.1. The number of hydrogen-bond donors (Lipinski definition) is 2. The fourth-order valence-electron chi connectivity index (χ4n) is 2.25. The highest BCUT2D eigenvalue weighted by Gasteiger charge is 2.33. The fourth-order valence-corrected chi connectivity index (χ4v) is 2.25. The molecule has 1 saturated heterocycles. The second-order valence-electron chi connectivity index (χ2n) is 4.69. The van der Waals surface area contributed by atoms with Crippen LogP contribution in [0.2, 0.25) is 0 Å². The molecule has 9 nitrogen and oxygen atoms in total. The number of H-pyrrole nitrogens is 1. The van der Waals surface area contributed by atoms with E-state index in [9.17, 15) is 24.5 Å². The number of nitrogens with zero attached hydrogens (tertiary/aromatic N) is 2. The molecule has 0 aliphatic carbocycles. The molecule has 1 aliphatic heterocycles. The van der Waals surface area contributed by atoms with Gasteiger partial charge in [-0.2, -0.15) is 0 Å². The molecule has 1 unspecified atom stereocenters. The highest BCUT2D eigenvalue weighted by molar-refractivity contribution is 6.02. The summed E-state index contributed by atoms with van der Waals surface area (Å²) in [4.78, 5) is 49.1. The summed E-state index contributed by atoms with van der Waals surface area (Å²) in [7, 11) is 0. The number of nitro groups is 1. The molecule has 1 aromatic rings. The summed E-state index contributed by atoms with van der Waals surface area (Å²) < 4.78 is 0. The fraction of sp³-hybridized carbons (Fsp3) is 0.417. The number of carbonyl (C=O) groups excluding carboxylic acids is 3. The molecule has 2 heterocycles. The first-order valence-electron chi connectivity index (χ1n) is 6.36. The molecule has 0 radical (unpaired) electrons. The number of nitrogens with one attached hydrogen (secondary N) is 2. The number of hydrogen-bond acceptors (Lipinski definition) is 6. The zero-order valence-corrected chi connectivity index (χ0v) is 11.3. The van der Waals surface area contributed by atoms with E-state index in [0.717, 1.165) is 12.3 Å². The molecule has 0 aromatic carbocycles. The Balaban J connectivity index is 2.11. The summed E-state index contributed by atoms with van der Waals surface area (Å²) in [5.74, 6) is -1.31. The van der Waals surface area contributed by atoms with Gasteiger partial charge in [-0.3, -0.25) is 34.7 Å². The third-order valence-electron chi connectivity index (χ3n) is 3.27. The zero-order valence-electron chi connectivity index (χ0n) is 11.3. The van der Waals surface area contributed by atoms with Gasteiger partial charge in [-0.1, -0.05) is 6.92 Å². The van der Waals surface area contributed by atoms with Gasteiger partial charge >= 0.3 is 0 Å². The summed E-state index contributed by atoms with van der Waals surface area (Å²) >= 11 is 0. The highest BCUT2D eigenvalue weighted by atomic mass is 16.6. The molecule has 0 saturated carbocycles. The predicted octanol–water partition coefficient (Wildman–Crippen LogP) is -0.157. The Morgan fingerprint density at radius 3 is 2.81 bits per heavy atom. The van der Waals surface area contributed by atoms with Gasteiger partial charge in [-0.15, -0.1) is 0 Å². The normalized spacial score (nSPS) is 19.4. The third kappa shape index (κ3) is 3.14. The number of rotatable bonds is 5. The standard InChI is InChI=1S/C12H14N4O5/c1-2-9-12(19)14-11(18)6-15(9)5-10(17)8-3-7(4-13-8)16(20)21/h3-4,9,13H,2,5-6H2,1H3,(H,14,18,19). The van der Waals surface area contributed by atoms with E-state index in [4.69, 9.17) is 0 Å². The Labute approximate surface area is 119 Å². The molecule has 2 amide bonds. The number of ketones is 1. The van der Waals surface area contributed by atoms with Crippen LogP contribution >= 0.6 is 0 Å². The average molecular weight is 294 g/mol. The first-order valence-corrected chi connectivity index (χ1v) is 6.36. The van der Waals surface area contributed by atoms with Gasteiger partial charge in [-0.05, 0) is 6.42 Å². The van der Waals surface area contributed by atoms with Gasteiger partial charge in [0.25, 0.3) is 5.69 Å². The van der Waals surface area contributed by atoms with Crippen molar-refractivity contribution in [1.29, 1.82) is 0 Å². The van der Waals surface area contributed by atoms with Gasteiger partial charge < -0.3 is 4.98 Å². The van der Waals surface area contributed by atoms with Crippen LogP contribution in [0.4, 0.5) is 5.69 Å². The Morgan fingerprint density at radius 2 is 2.24 bits per heavy atom. The zero-order chi connectivity index (χ0) is 15.6. The van der Waals surface area contributed by atoms with Crippen LogP contribution in [0.5, 0.6) is 0 Å². The second-order valence-corrected chi connectivity index (χ2v) is 4.69. The van der Waals surface area contributed by atoms with E-state index in [1.54, 1.807) is 6.92 Å². The smallest absolute Gasteiger partial charge is 0.287 e. The lowest BCUT2D eigenvalue weighted by Gasteiger charge is -2.32. The molecule has 1 fully saturated rings. The van der Waals surface area contributed by atoms with E-state index < -0.39 is 28.6 Å². The van der Waals surface area contributed by atoms with E-state index in [2.05, 4.69) is 10.3 Å². The number of amides is 2. The topological polar surface area (TPSA) is 125 Å². The Kier molecular flexibility index (Phi) is 4.13. The van der Waals surface area contributed by atoms with Crippen LogP contribution in [-0.2, 0) is 9.59 Å². The second kappa shape index (κ2) is 5.83. The van der Waals surface area contributed by atoms with Gasteiger partial charge in [0.05, 0.1) is 35.9 Å². The van der Waals surface area contributed by atoms with Crippen molar-refractivity contribution >= 4 is 23.3 Å². The van der Waals surface area contributed by atoms with Crippen molar-refractivity contribution in [2.45, 2.75) is 19.4 Å². The van der Waals surface area contributed by atoms with Crippen molar-refractivity contribution in [3.63, 3.8) is 0 Å². The van der Waals surface area contributed by atoms with Gasteiger partial charge in [0.1, 0.15) is 0 Å². The third-order valence-corrected chi connectivity index (χ3v) is 3.27. The minimum atomic E-state index is -0.611. The van der Waals surface area contributed by atoms with Crippen LogP contribution in [0.1, 0.15) is 23.8 Å². The summed E-state index contributed by atoms with van der Waals surface area (Å²) in [6, 6.07) is 0.575. The summed E-state index contributed by atoms with van der Waals surface area (Å²) in [5.41, 5.74) is -0.132. The van der Waals surface area contributed by atoms with Crippen LogP contribution in [0.25, 0.3) is 0 Å². The molecule has 0 bridgehead atoms. The average Bonchev–Trinajstić information content (AvgIpc) is 2.88. The molecule has 1 atom stereocenters. The number of aromatic amines is 1. The Morgan fingerprint density at radius 1 is 1.52 bits per heavy atom. The lowest BCUT2D eigenvalue weighted by Crippen LogP contribution is -2.58. The van der Waals surface area contributed by atoms with Crippen LogP contribution in [0, 0.1) is 10.1 Å². The molecule has 0 spiro atoms. The molecule has 112 valence electrons. The van der Waals surface area contributed by atoms with Crippen LogP contribution < -0.4 is 5.32 Å². The number of piperazine rings is 1. The molecular formula is C12H14N4O5. The SMILES string of the molecule is CCC1C(=O)NC(=O)CN1CC(=O)c1cc([N+](=O)[O-])c[nH]1. The molecule has 2 N–H and O–H groups in total. The van der Waals surface area contributed by atoms with E-state index in [0.29, 0.717) is 6.42 Å². The van der Waals surface area contributed by atoms with E-state index in [1.807, 2.05) is 0 Å². The number of aromatic nitrogens is 1. The van der Waals surface area contributed by atoms with Gasteiger partial charge in [0.2, 0.25) is 11.8 Å². The monoisotopic (exact) mass is 294 g/mol. The van der Waals surface area contributed by atoms with Crippen molar-refractivity contribution in [3.05, 3.63) is 28.1 Å². The first-order chi connectivity index (χ1) is 9.92. The van der Waals surface area contributed by atoms with Gasteiger partial charge in [0.15, 0.2) is 5.78 Å². The van der Waals surface area contributed by atoms with Crippen molar-refractivity contribution < 1.29 is 19.3 Å². The summed E-state index contributed by atoms with van der Waals surface area (Å²) in [6.45, 7) is 1.56. The van der Waals surface area contributed by atoms with Crippen molar-refractivity contribution in [1.82, 2.24) is 15.2 Å². The summed E-state index contributed by atoms with van der Waals surface area (Å²) in [6.07, 6.45) is 1.58. The largest absolute Gasteiger partial charge is 0.353 e. The van der Waals surface area contributed by atoms with Crippen molar-refractivity contribution in [2.75, 3.05) is 13.1 Å². The predicted molar refractivity (Wildman–Crippen MR) is 70.6 cm³/mol. The molecule has 9 heteroatoms. The van der Waals surface area contributed by atoms with Crippen LogP contribution in [0.3, 0.4) is 0 Å². The van der Waals surface area contributed by atoms with Crippen LogP contribution in [0.15, 0.2) is 12.3 Å². The van der Waals surface area contributed by atoms with Crippen LogP contribution in [-0.4, -0.2) is 51.5 Å². The molecule has 21 heavy (non-hydrogen) atoms. The molecular weight excluding hydrogens is 280 g/mol. The number of Topliss-reactive ketones (excluding diaryl/α,β-unsaturated/α-hetero) is 1. The maximum Gasteiger partial charge on any atom is 0.287 e. The molecule has 1 aromatic heterocycles. The Hall–Kier alpha value is -2.55.